The topological polar surface area (TPSA) is 78.1 Å². The van der Waals surface area contributed by atoms with E-state index in [0.29, 0.717) is 35.2 Å². The number of alkyl halides is 2. The van der Waals surface area contributed by atoms with Crippen molar-refractivity contribution in [3.63, 3.8) is 0 Å². The van der Waals surface area contributed by atoms with Gasteiger partial charge in [0.2, 0.25) is 5.91 Å². The van der Waals surface area contributed by atoms with Crippen molar-refractivity contribution in [2.45, 2.75) is 38.2 Å². The maximum Gasteiger partial charge on any atom is 0.268 e. The van der Waals surface area contributed by atoms with Gasteiger partial charge in [-0.2, -0.15) is 0 Å². The van der Waals surface area contributed by atoms with Gasteiger partial charge in [-0.3, -0.25) is 9.59 Å². The van der Waals surface area contributed by atoms with Crippen LogP contribution in [0.4, 0.5) is 8.78 Å². The van der Waals surface area contributed by atoms with Gasteiger partial charge in [0.25, 0.3) is 11.8 Å². The van der Waals surface area contributed by atoms with E-state index < -0.39 is 23.3 Å². The average Bonchev–Trinajstić information content (AvgIpc) is 3.01. The van der Waals surface area contributed by atoms with Crippen molar-refractivity contribution in [3.8, 4) is 0 Å². The molecule has 2 aliphatic rings. The van der Waals surface area contributed by atoms with Gasteiger partial charge in [-0.1, -0.05) is 6.92 Å². The van der Waals surface area contributed by atoms with Gasteiger partial charge in [0.1, 0.15) is 16.3 Å². The number of pyridine rings is 1. The number of halogens is 3. The van der Waals surface area contributed by atoms with Crippen molar-refractivity contribution in [1.82, 2.24) is 20.2 Å². The molecule has 2 aromatic heterocycles. The Morgan fingerprint density at radius 3 is 2.81 bits per heavy atom. The van der Waals surface area contributed by atoms with Gasteiger partial charge >= 0.3 is 0 Å². The second-order valence-electron chi connectivity index (χ2n) is 7.38. The Morgan fingerprint density at radius 1 is 1.44 bits per heavy atom. The van der Waals surface area contributed by atoms with Gasteiger partial charge in [-0.05, 0) is 40.9 Å². The lowest BCUT2D eigenvalue weighted by atomic mass is 10.1. The number of carbonyl (C=O) groups excluding carboxylic acids is 2. The molecule has 2 N–H and O–H groups in total. The highest BCUT2D eigenvalue weighted by atomic mass is 79.9. The summed E-state index contributed by atoms with van der Waals surface area (Å²) in [7, 11) is 0. The standard InChI is InChI=1S/C18H19BrF2N4O2/c1-2-11(16(27)25-4-3-17(9-25)8-18(17,20)21)24-15(26)12-5-10-6-14(19)22-7-13(10)23-12/h5-7,11,23H,2-4,8-9H2,1H3,(H,24,26)/t11-,17+/m0/s1. The van der Waals surface area contributed by atoms with Crippen LogP contribution in [0.2, 0.25) is 0 Å². The SMILES string of the molecule is CC[C@H](NC(=O)c1cc2cc(Br)ncc2[nH]1)C(=O)N1CC[C@]2(C1)CC2(F)F. The van der Waals surface area contributed by atoms with Crippen LogP contribution >= 0.6 is 15.9 Å². The first-order valence-corrected chi connectivity index (χ1v) is 9.66. The highest BCUT2D eigenvalue weighted by Crippen LogP contribution is 2.65. The van der Waals surface area contributed by atoms with Crippen molar-refractivity contribution < 1.29 is 18.4 Å². The molecule has 27 heavy (non-hydrogen) atoms. The number of aromatic amines is 1. The smallest absolute Gasteiger partial charge is 0.268 e. The Kier molecular flexibility index (Phi) is 4.25. The number of nitrogens with zero attached hydrogens (tertiary/aromatic N) is 2. The number of carbonyl (C=O) groups is 2. The first-order valence-electron chi connectivity index (χ1n) is 8.86. The monoisotopic (exact) mass is 440 g/mol. The summed E-state index contributed by atoms with van der Waals surface area (Å²) >= 11 is 3.28. The molecular weight excluding hydrogens is 422 g/mol. The Bertz CT molecular complexity index is 931. The molecule has 2 aromatic rings. The van der Waals surface area contributed by atoms with Gasteiger partial charge in [-0.25, -0.2) is 13.8 Å². The van der Waals surface area contributed by atoms with Crippen molar-refractivity contribution >= 4 is 38.6 Å². The second kappa shape index (κ2) is 6.25. The third kappa shape index (κ3) is 3.11. The van der Waals surface area contributed by atoms with Crippen LogP contribution in [0.25, 0.3) is 10.9 Å². The lowest BCUT2D eigenvalue weighted by Crippen LogP contribution is -2.47. The van der Waals surface area contributed by atoms with Crippen LogP contribution in [0.1, 0.15) is 36.7 Å². The highest BCUT2D eigenvalue weighted by Gasteiger charge is 2.73. The number of amides is 2. The molecule has 1 saturated heterocycles. The zero-order valence-corrected chi connectivity index (χ0v) is 16.3. The molecule has 0 aromatic carbocycles. The Morgan fingerprint density at radius 2 is 2.19 bits per heavy atom. The minimum absolute atomic E-state index is 0.0668. The molecule has 0 unspecified atom stereocenters. The summed E-state index contributed by atoms with van der Waals surface area (Å²) < 4.78 is 27.8. The molecule has 1 spiro atoms. The van der Waals surface area contributed by atoms with Crippen molar-refractivity contribution in [2.75, 3.05) is 13.1 Å². The molecule has 9 heteroatoms. The Hall–Kier alpha value is -2.03. The molecule has 1 saturated carbocycles. The number of hydrogen-bond donors (Lipinski definition) is 2. The third-order valence-electron chi connectivity index (χ3n) is 5.60. The maximum atomic E-state index is 13.6. The Labute approximate surface area is 162 Å². The first kappa shape index (κ1) is 18.3. The Balaban J connectivity index is 1.45. The molecule has 0 radical (unpaired) electrons. The number of likely N-dealkylation sites (tertiary alicyclic amines) is 1. The van der Waals surface area contributed by atoms with E-state index in [1.54, 1.807) is 25.3 Å². The third-order valence-corrected chi connectivity index (χ3v) is 6.04. The molecule has 4 rings (SSSR count). The minimum atomic E-state index is -2.67. The largest absolute Gasteiger partial charge is 0.349 e. The van der Waals surface area contributed by atoms with Crippen LogP contribution in [0.15, 0.2) is 22.9 Å². The highest BCUT2D eigenvalue weighted by molar-refractivity contribution is 9.10. The van der Waals surface area contributed by atoms with Crippen molar-refractivity contribution in [1.29, 1.82) is 0 Å². The first-order chi connectivity index (χ1) is 12.7. The van der Waals surface area contributed by atoms with E-state index in [1.165, 1.54) is 4.90 Å². The summed E-state index contributed by atoms with van der Waals surface area (Å²) in [6, 6.07) is 2.73. The molecule has 144 valence electrons. The molecule has 1 aliphatic carbocycles. The van der Waals surface area contributed by atoms with E-state index in [1.807, 2.05) is 0 Å². The quantitative estimate of drug-likeness (QED) is 0.716. The fraction of sp³-hybridized carbons (Fsp3) is 0.500. The van der Waals surface area contributed by atoms with Crippen LogP contribution in [-0.4, -0.2) is 51.7 Å². The van der Waals surface area contributed by atoms with Crippen LogP contribution in [0, 0.1) is 5.41 Å². The van der Waals surface area contributed by atoms with Gasteiger partial charge in [0.05, 0.1) is 17.1 Å². The summed E-state index contributed by atoms with van der Waals surface area (Å²) in [6.07, 6.45) is 2.17. The number of H-pyrrole nitrogens is 1. The average molecular weight is 441 g/mol. The van der Waals surface area contributed by atoms with E-state index in [2.05, 4.69) is 31.2 Å². The number of fused-ring (bicyclic) bond motifs is 1. The molecule has 1 aliphatic heterocycles. The van der Waals surface area contributed by atoms with Crippen LogP contribution in [0.3, 0.4) is 0 Å². The van der Waals surface area contributed by atoms with Gasteiger partial charge < -0.3 is 15.2 Å². The predicted octanol–water partition coefficient (Wildman–Crippen LogP) is 3.09. The van der Waals surface area contributed by atoms with Crippen LogP contribution in [-0.2, 0) is 4.79 Å². The van der Waals surface area contributed by atoms with Crippen LogP contribution in [0.5, 0.6) is 0 Å². The molecule has 2 fully saturated rings. The summed E-state index contributed by atoms with van der Waals surface area (Å²) in [4.78, 5) is 33.8. The van der Waals surface area contributed by atoms with E-state index in [0.717, 1.165) is 5.39 Å². The summed E-state index contributed by atoms with van der Waals surface area (Å²) in [6.45, 7) is 2.16. The van der Waals surface area contributed by atoms with E-state index >= 15 is 0 Å². The summed E-state index contributed by atoms with van der Waals surface area (Å²) in [5, 5.41) is 3.54. The zero-order valence-electron chi connectivity index (χ0n) is 14.7. The van der Waals surface area contributed by atoms with Crippen molar-refractivity contribution in [2.24, 2.45) is 5.41 Å². The van der Waals surface area contributed by atoms with E-state index in [4.69, 9.17) is 0 Å². The molecule has 0 bridgehead atoms. The summed E-state index contributed by atoms with van der Waals surface area (Å²) in [5.41, 5.74) is -0.00866. The lowest BCUT2D eigenvalue weighted by molar-refractivity contribution is -0.132. The predicted molar refractivity (Wildman–Crippen MR) is 98.5 cm³/mol. The molecule has 2 amide bonds. The van der Waals surface area contributed by atoms with Crippen molar-refractivity contribution in [3.05, 3.63) is 28.6 Å². The number of rotatable bonds is 4. The molecule has 6 nitrogen and oxygen atoms in total. The fourth-order valence-corrected chi connectivity index (χ4v) is 4.15. The summed E-state index contributed by atoms with van der Waals surface area (Å²) in [5.74, 6) is -3.38. The van der Waals surface area contributed by atoms with E-state index in [9.17, 15) is 18.4 Å². The number of nitrogens with one attached hydrogen (secondary N) is 2. The normalized spacial score (nSPS) is 24.4. The minimum Gasteiger partial charge on any atom is -0.349 e. The number of hydrogen-bond acceptors (Lipinski definition) is 3. The van der Waals surface area contributed by atoms with E-state index in [-0.39, 0.29) is 18.9 Å². The second-order valence-corrected chi connectivity index (χ2v) is 8.20. The zero-order chi connectivity index (χ0) is 19.4. The molecular formula is C18H19BrF2N4O2. The number of aromatic nitrogens is 2. The molecule has 2 atom stereocenters. The lowest BCUT2D eigenvalue weighted by Gasteiger charge is -2.23. The van der Waals surface area contributed by atoms with Gasteiger partial charge in [0, 0.05) is 24.9 Å². The molecule has 3 heterocycles. The maximum absolute atomic E-state index is 13.6. The van der Waals surface area contributed by atoms with Gasteiger partial charge in [-0.15, -0.1) is 0 Å². The van der Waals surface area contributed by atoms with Gasteiger partial charge in [0.15, 0.2) is 0 Å². The fourth-order valence-electron chi connectivity index (χ4n) is 3.81. The van der Waals surface area contributed by atoms with Crippen LogP contribution < -0.4 is 5.32 Å².